The van der Waals surface area contributed by atoms with Crippen LogP contribution in [0.1, 0.15) is 152 Å². The molecule has 1 aromatic rings. The Balaban J connectivity index is 3.81. The lowest BCUT2D eigenvalue weighted by Crippen LogP contribution is -2.61. The lowest BCUT2D eigenvalue weighted by Gasteiger charge is -2.29. The zero-order valence-corrected chi connectivity index (χ0v) is 56.5. The summed E-state index contributed by atoms with van der Waals surface area (Å²) in [5.41, 5.74) is 34.0. The van der Waals surface area contributed by atoms with Crippen molar-refractivity contribution in [2.75, 3.05) is 6.54 Å². The van der Waals surface area contributed by atoms with E-state index in [4.69, 9.17) is 34.4 Å². The van der Waals surface area contributed by atoms with Crippen molar-refractivity contribution in [3.8, 4) is 0 Å². The summed E-state index contributed by atoms with van der Waals surface area (Å²) < 4.78 is 0. The molecule has 0 aliphatic heterocycles. The number of aliphatic imine (C=N–C) groups is 1. The molecule has 538 valence electrons. The van der Waals surface area contributed by atoms with Crippen LogP contribution in [0.4, 0.5) is 0 Å². The number of nitrogens with one attached hydrogen (secondary N) is 10. The summed E-state index contributed by atoms with van der Waals surface area (Å²) in [6.45, 7) is 16.8. The van der Waals surface area contributed by atoms with Crippen molar-refractivity contribution in [3.05, 3.63) is 35.9 Å². The third-order valence-electron chi connectivity index (χ3n) is 14.5. The Hall–Kier alpha value is -9.50. The van der Waals surface area contributed by atoms with Crippen LogP contribution in [0, 0.1) is 29.6 Å². The van der Waals surface area contributed by atoms with Crippen molar-refractivity contribution in [2.24, 2.45) is 69.0 Å². The second-order valence-electron chi connectivity index (χ2n) is 25.7. The van der Waals surface area contributed by atoms with Gasteiger partial charge in [-0.3, -0.25) is 72.1 Å². The van der Waals surface area contributed by atoms with E-state index in [1.54, 1.807) is 85.7 Å². The molecule has 34 heteroatoms. The topological polar surface area (TPSA) is 585 Å². The van der Waals surface area contributed by atoms with Crippen LogP contribution < -0.4 is 87.6 Å². The van der Waals surface area contributed by atoms with Gasteiger partial charge in [-0.2, -0.15) is 0 Å². The van der Waals surface area contributed by atoms with E-state index in [2.05, 4.69) is 58.2 Å². The van der Waals surface area contributed by atoms with Crippen LogP contribution in [0.15, 0.2) is 35.3 Å². The number of benzene rings is 1. The Bertz CT molecular complexity index is 2870. The highest BCUT2D eigenvalue weighted by Gasteiger charge is 2.38. The highest BCUT2D eigenvalue weighted by atomic mass is 16.4. The molecule has 0 unspecified atom stereocenters. The monoisotopic (exact) mass is 1360 g/mol. The molecule has 0 saturated heterocycles. The van der Waals surface area contributed by atoms with Crippen LogP contribution in [0.2, 0.25) is 0 Å². The van der Waals surface area contributed by atoms with Gasteiger partial charge in [-0.15, -0.1) is 0 Å². The predicted octanol–water partition coefficient (Wildman–Crippen LogP) is -3.74. The average Bonchev–Trinajstić information content (AvgIpc) is 0.881. The third kappa shape index (κ3) is 34.1. The second kappa shape index (κ2) is 42.8. The third-order valence-corrected chi connectivity index (χ3v) is 14.5. The Morgan fingerprint density at radius 3 is 1.09 bits per heavy atom. The number of rotatable bonds is 46. The highest BCUT2D eigenvalue weighted by molar-refractivity contribution is 6.00. The number of carbonyl (C=O) groups excluding carboxylic acids is 13. The quantitative estimate of drug-likeness (QED) is 0.0169. The van der Waals surface area contributed by atoms with Crippen molar-refractivity contribution in [1.82, 2.24) is 53.2 Å². The fourth-order valence-corrected chi connectivity index (χ4v) is 9.69. The molecule has 0 spiro atoms. The number of hydrogen-bond acceptors (Lipinski definition) is 17. The van der Waals surface area contributed by atoms with E-state index < -0.39 is 193 Å². The van der Waals surface area contributed by atoms with E-state index in [1.807, 2.05) is 13.8 Å². The first-order chi connectivity index (χ1) is 44.7. The molecular weight excluding hydrogens is 1250 g/mol. The van der Waals surface area contributed by atoms with E-state index in [0.29, 0.717) is 5.56 Å². The normalized spacial score (nSPS) is 14.7. The Morgan fingerprint density at radius 1 is 0.396 bits per heavy atom. The van der Waals surface area contributed by atoms with E-state index >= 15 is 0 Å². The summed E-state index contributed by atoms with van der Waals surface area (Å²) >= 11 is 0. The summed E-state index contributed by atoms with van der Waals surface area (Å²) in [6.07, 6.45) is -4.35. The Labute approximate surface area is 558 Å². The van der Waals surface area contributed by atoms with Gasteiger partial charge in [0.2, 0.25) is 76.8 Å². The van der Waals surface area contributed by atoms with Crippen molar-refractivity contribution < 1.29 is 82.1 Å². The van der Waals surface area contributed by atoms with Gasteiger partial charge >= 0.3 is 11.9 Å². The molecule has 0 aromatic heterocycles. The predicted molar refractivity (Wildman–Crippen MR) is 351 cm³/mol. The molecule has 96 heavy (non-hydrogen) atoms. The molecule has 0 bridgehead atoms. The maximum atomic E-state index is 14.6. The standard InChI is InChI=1S/C62H103N17O17/c1-30(2)23-36(63)51(85)70-38(18-20-46(64)80)53(87)73-41(25-32(5)6)56(90)77-44(28-47(65)81)58(92)74-40(24-31(3)4)55(89)71-37(17-14-22-69-62(67)68)52(86)72-39(19-21-49(83)84)54(88)76-43(27-35-15-12-11-13-16-35)57(91)78-45(29-48(66)82)59(93)75-42(26-33(7)8)60(94)79-50(34(9)10)61(95)96/h11-13,15-16,30-34,36-45,50H,14,17-29,63H2,1-10H3,(H2,64,80)(H2,65,81)(H2,66,82)(H,70,85)(H,71,89)(H,72,86)(H,73,87)(H,74,92)(H,75,93)(H,76,88)(H,77,90)(H,78,91)(H,79,94)(H,83,84)(H,95,96)(H4,67,68,69)/t36-,37-,38-,39-,40-,41-,42-,43-,44-,45-,50-/m0/s1. The van der Waals surface area contributed by atoms with Crippen molar-refractivity contribution in [1.29, 1.82) is 0 Å². The minimum Gasteiger partial charge on any atom is -0.481 e. The molecule has 0 fully saturated rings. The first-order valence-electron chi connectivity index (χ1n) is 31.9. The fraction of sp³-hybridized carbons (Fsp3) is 0.645. The van der Waals surface area contributed by atoms with E-state index in [1.165, 1.54) is 0 Å². The molecule has 1 aromatic carbocycles. The number of carboxylic acid groups (broad SMARTS) is 2. The largest absolute Gasteiger partial charge is 0.481 e. The zero-order chi connectivity index (χ0) is 73.3. The van der Waals surface area contributed by atoms with E-state index in [9.17, 15) is 82.1 Å². The molecular formula is C62H103N17O17. The average molecular weight is 1360 g/mol. The summed E-state index contributed by atoms with van der Waals surface area (Å²) in [5.74, 6) is -17.8. The zero-order valence-electron chi connectivity index (χ0n) is 56.5. The molecule has 0 aliphatic rings. The number of amides is 13. The summed E-state index contributed by atoms with van der Waals surface area (Å²) in [7, 11) is 0. The molecule has 0 saturated carbocycles. The number of aliphatic carboxylic acids is 2. The maximum absolute atomic E-state index is 14.6. The van der Waals surface area contributed by atoms with Crippen molar-refractivity contribution in [3.63, 3.8) is 0 Å². The molecule has 0 aliphatic carbocycles. The van der Waals surface area contributed by atoms with Gasteiger partial charge in [0, 0.05) is 25.8 Å². The number of guanidine groups is 1. The first kappa shape index (κ1) is 84.5. The van der Waals surface area contributed by atoms with Gasteiger partial charge in [-0.25, -0.2) is 4.79 Å². The van der Waals surface area contributed by atoms with Crippen LogP contribution in [0.3, 0.4) is 0 Å². The molecule has 11 atom stereocenters. The number of hydrogen-bond donors (Lipinski definition) is 18. The fourth-order valence-electron chi connectivity index (χ4n) is 9.69. The van der Waals surface area contributed by atoms with Crippen molar-refractivity contribution in [2.45, 2.75) is 219 Å². The van der Waals surface area contributed by atoms with Gasteiger partial charge in [0.15, 0.2) is 5.96 Å². The van der Waals surface area contributed by atoms with Gasteiger partial charge < -0.3 is 97.8 Å². The van der Waals surface area contributed by atoms with Crippen LogP contribution in [0.5, 0.6) is 0 Å². The molecule has 13 amide bonds. The molecule has 34 nitrogen and oxygen atoms in total. The number of nitrogens with two attached hydrogens (primary N) is 6. The lowest BCUT2D eigenvalue weighted by molar-refractivity contribution is -0.143. The maximum Gasteiger partial charge on any atom is 0.326 e. The molecule has 24 N–H and O–H groups in total. The number of nitrogens with zero attached hydrogens (tertiary/aromatic N) is 1. The van der Waals surface area contributed by atoms with Gasteiger partial charge in [0.05, 0.1) is 18.9 Å². The van der Waals surface area contributed by atoms with Gasteiger partial charge in [-0.05, 0) is 86.5 Å². The van der Waals surface area contributed by atoms with E-state index in [-0.39, 0.29) is 88.0 Å². The van der Waals surface area contributed by atoms with Crippen molar-refractivity contribution >= 4 is 94.7 Å². The van der Waals surface area contributed by atoms with Crippen LogP contribution in [-0.4, -0.2) is 178 Å². The van der Waals surface area contributed by atoms with Gasteiger partial charge in [0.25, 0.3) is 0 Å². The smallest absolute Gasteiger partial charge is 0.326 e. The van der Waals surface area contributed by atoms with Gasteiger partial charge in [-0.1, -0.05) is 99.6 Å². The molecule has 0 heterocycles. The number of carboxylic acids is 2. The minimum absolute atomic E-state index is 0.00288. The van der Waals surface area contributed by atoms with Crippen LogP contribution in [-0.2, 0) is 78.3 Å². The minimum atomic E-state index is -1.81. The summed E-state index contributed by atoms with van der Waals surface area (Å²) in [6, 6.07) is -8.89. The molecule has 0 radical (unpaired) electrons. The first-order valence-corrected chi connectivity index (χ1v) is 31.9. The highest BCUT2D eigenvalue weighted by Crippen LogP contribution is 2.15. The SMILES string of the molecule is CC(C)C[C@H](NC(=O)[C@H](CC(N)=O)NC(=O)[C@H](CC(C)C)NC(=O)[C@H](CCC(N)=O)NC(=O)[C@@H](N)CC(C)C)C(=O)N[C@@H](CCCN=C(N)N)C(=O)N[C@@H](CCC(=O)O)C(=O)N[C@@H](Cc1ccccc1)C(=O)N[C@@H](CC(N)=O)C(=O)N[C@@H](CC(C)C)C(=O)N[C@H](C(=O)O)C(C)C. The summed E-state index contributed by atoms with van der Waals surface area (Å²) in [4.78, 5) is 206. The van der Waals surface area contributed by atoms with E-state index in [0.717, 1.165) is 0 Å². The van der Waals surface area contributed by atoms with Crippen LogP contribution in [0.25, 0.3) is 0 Å². The Morgan fingerprint density at radius 2 is 0.729 bits per heavy atom. The van der Waals surface area contributed by atoms with Crippen LogP contribution >= 0.6 is 0 Å². The van der Waals surface area contributed by atoms with Gasteiger partial charge in [0.1, 0.15) is 60.4 Å². The molecule has 1 rings (SSSR count). The summed E-state index contributed by atoms with van der Waals surface area (Å²) in [5, 5.41) is 44.3. The number of primary amides is 3. The number of carbonyl (C=O) groups is 15. The Kier molecular flexibility index (Phi) is 37.6. The lowest BCUT2D eigenvalue weighted by atomic mass is 9.99. The second-order valence-corrected chi connectivity index (χ2v) is 25.7.